The second kappa shape index (κ2) is 18.3. The van der Waals surface area contributed by atoms with Crippen LogP contribution in [0.1, 0.15) is 66.4 Å². The molecule has 6 bridgehead atoms. The van der Waals surface area contributed by atoms with E-state index in [-0.39, 0.29) is 130 Å². The Morgan fingerprint density at radius 2 is 1.25 bits per heavy atom. The topological polar surface area (TPSA) is 196 Å². The Morgan fingerprint density at radius 1 is 0.782 bits per heavy atom. The Morgan fingerprint density at radius 3 is 1.69 bits per heavy atom. The molecule has 1 saturated heterocycles. The molecule has 20 heteroatoms. The molecule has 2 atom stereocenters. The fourth-order valence-electron chi connectivity index (χ4n) is 6.65. The zero-order chi connectivity index (χ0) is 39.5. The number of carbonyl (C=O) groups is 3. The van der Waals surface area contributed by atoms with Crippen molar-refractivity contribution in [1.29, 1.82) is 0 Å². The molecule has 55 heavy (non-hydrogen) atoms. The van der Waals surface area contributed by atoms with Gasteiger partial charge in [-0.2, -0.15) is 13.2 Å². The number of pyridine rings is 2. The predicted molar refractivity (Wildman–Crippen MR) is 188 cm³/mol. The molecule has 1 fully saturated rings. The minimum atomic E-state index is -4.72. The first-order valence-electron chi connectivity index (χ1n) is 17.6. The molecule has 6 rings (SSSR count). The molecule has 0 saturated carbocycles. The van der Waals surface area contributed by atoms with Crippen molar-refractivity contribution in [1.82, 2.24) is 44.6 Å². The number of halogens is 3. The van der Waals surface area contributed by atoms with Gasteiger partial charge < -0.3 is 20.7 Å². The Hall–Kier alpha value is -3.31. The summed E-state index contributed by atoms with van der Waals surface area (Å²) >= 11 is 0. The number of methoxy groups -OCH3 is 1. The molecule has 3 aliphatic rings. The maximum atomic E-state index is 14.4. The molecule has 4 N–H and O–H groups in total. The molecule has 16 nitrogen and oxygen atoms in total. The SMILES string of the molecule is COC(=O)c1cc2nc(c1)-c1c(C(C)(C)N)nnn1Cc1cc(C(F)(F)F)cc(n1)CN1CCN([C@H](C)C(=O)O)CCN(CCN([C@H](C)C(=O)O)CC1)C2.[Er]. The number of rotatable bonds is 6. The van der Waals surface area contributed by atoms with Gasteiger partial charge in [0, 0.05) is 103 Å². The van der Waals surface area contributed by atoms with Gasteiger partial charge in [-0.05, 0) is 52.0 Å². The second-order valence-corrected chi connectivity index (χ2v) is 14.4. The fourth-order valence-corrected chi connectivity index (χ4v) is 6.65. The van der Waals surface area contributed by atoms with E-state index in [9.17, 15) is 37.8 Å². The van der Waals surface area contributed by atoms with Crippen molar-refractivity contribution in [2.24, 2.45) is 5.73 Å². The first-order chi connectivity index (χ1) is 25.3. The van der Waals surface area contributed by atoms with Gasteiger partial charge in [-0.25, -0.2) is 14.5 Å². The maximum Gasteiger partial charge on any atom is 0.416 e. The van der Waals surface area contributed by atoms with Crippen molar-refractivity contribution in [2.45, 2.75) is 71.1 Å². The van der Waals surface area contributed by atoms with Gasteiger partial charge in [0.15, 0.2) is 0 Å². The quantitative estimate of drug-likeness (QED) is 0.304. The zero-order valence-electron chi connectivity index (χ0n) is 31.3. The molecule has 0 aliphatic carbocycles. The van der Waals surface area contributed by atoms with Gasteiger partial charge in [0.05, 0.1) is 53.1 Å². The molecule has 3 aliphatic heterocycles. The molecule has 306 valence electrons. The van der Waals surface area contributed by atoms with E-state index >= 15 is 0 Å². The van der Waals surface area contributed by atoms with Gasteiger partial charge in [-0.3, -0.25) is 34.2 Å². The van der Waals surface area contributed by atoms with Gasteiger partial charge in [0.25, 0.3) is 0 Å². The summed E-state index contributed by atoms with van der Waals surface area (Å²) in [5.41, 5.74) is 5.95. The van der Waals surface area contributed by atoms with Crippen molar-refractivity contribution in [2.75, 3.05) is 59.5 Å². The Balaban J connectivity index is 0.00000673. The van der Waals surface area contributed by atoms with Crippen LogP contribution in [0.3, 0.4) is 0 Å². The van der Waals surface area contributed by atoms with Crippen LogP contribution in [0.5, 0.6) is 0 Å². The number of esters is 1. The van der Waals surface area contributed by atoms with E-state index in [0.717, 1.165) is 12.1 Å². The summed E-state index contributed by atoms with van der Waals surface area (Å²) in [7, 11) is 1.23. The van der Waals surface area contributed by atoms with Crippen LogP contribution in [-0.4, -0.2) is 144 Å². The van der Waals surface area contributed by atoms with E-state index in [2.05, 4.69) is 15.3 Å². The predicted octanol–water partition coefficient (Wildman–Crippen LogP) is 1.96. The van der Waals surface area contributed by atoms with E-state index in [1.165, 1.54) is 17.9 Å². The number of ether oxygens (including phenoxy) is 1. The number of aromatic nitrogens is 5. The van der Waals surface area contributed by atoms with Crippen LogP contribution in [0.4, 0.5) is 13.2 Å². The van der Waals surface area contributed by atoms with Gasteiger partial charge >= 0.3 is 24.1 Å². The van der Waals surface area contributed by atoms with Gasteiger partial charge in [0.1, 0.15) is 23.5 Å². The molecule has 3 aromatic heterocycles. The minimum Gasteiger partial charge on any atom is -0.480 e. The second-order valence-electron chi connectivity index (χ2n) is 14.4. The summed E-state index contributed by atoms with van der Waals surface area (Å²) < 4.78 is 49.7. The average Bonchev–Trinajstić information content (AvgIpc) is 3.52. The third-order valence-corrected chi connectivity index (χ3v) is 9.85. The van der Waals surface area contributed by atoms with Gasteiger partial charge in [-0.1, -0.05) is 5.21 Å². The molecular weight excluding hydrogens is 881 g/mol. The van der Waals surface area contributed by atoms with Crippen LogP contribution < -0.4 is 5.73 Å². The third kappa shape index (κ3) is 11.2. The van der Waals surface area contributed by atoms with E-state index in [4.69, 9.17) is 15.5 Å². The molecule has 0 spiro atoms. The molecule has 0 amide bonds. The fraction of sp³-hybridized carbons (Fsp3) is 0.571. The molecule has 3 aromatic rings. The molecule has 0 unspecified atom stereocenters. The number of hydrogen-bond acceptors (Lipinski definition) is 13. The number of nitrogens with zero attached hydrogens (tertiary/aromatic N) is 9. The smallest absolute Gasteiger partial charge is 0.416 e. The number of carbonyl (C=O) groups excluding carboxylic acids is 1. The van der Waals surface area contributed by atoms with Gasteiger partial charge in [0.2, 0.25) is 0 Å². The summed E-state index contributed by atoms with van der Waals surface area (Å²) in [4.78, 5) is 54.5. The average molecular weight is 928 g/mol. The maximum absolute atomic E-state index is 14.4. The Kier molecular flexibility index (Phi) is 14.8. The summed E-state index contributed by atoms with van der Waals surface area (Å²) in [6, 6.07) is 3.20. The largest absolute Gasteiger partial charge is 0.480 e. The normalized spacial score (nSPS) is 20.3. The van der Waals surface area contributed by atoms with E-state index in [0.29, 0.717) is 18.8 Å². The summed E-state index contributed by atoms with van der Waals surface area (Å²) in [6.45, 7) is 8.68. The number of aliphatic carboxylic acids is 2. The van der Waals surface area contributed by atoms with Crippen LogP contribution in [0.25, 0.3) is 11.4 Å². The van der Waals surface area contributed by atoms with Crippen LogP contribution in [0, 0.1) is 37.3 Å². The number of carboxylic acid groups (broad SMARTS) is 2. The monoisotopic (exact) mass is 926 g/mol. The minimum absolute atomic E-state index is 0. The summed E-state index contributed by atoms with van der Waals surface area (Å²) in [5, 5.41) is 28.6. The number of nitrogens with two attached hydrogens (primary N) is 1. The number of alkyl halides is 3. The van der Waals surface area contributed by atoms with Crippen LogP contribution in [0.15, 0.2) is 24.3 Å². The van der Waals surface area contributed by atoms with Crippen molar-refractivity contribution in [3.63, 3.8) is 0 Å². The molecule has 0 radical (unpaired) electrons. The Bertz CT molecular complexity index is 1820. The summed E-state index contributed by atoms with van der Waals surface area (Å²) in [5.74, 6) is -2.73. The number of fused-ring (bicyclic) bond motifs is 8. The molecular formula is C35H47ErF3N10O6. The summed E-state index contributed by atoms with van der Waals surface area (Å²) in [6.07, 6.45) is -4.72. The van der Waals surface area contributed by atoms with Crippen LogP contribution in [0.2, 0.25) is 0 Å². The van der Waals surface area contributed by atoms with Crippen molar-refractivity contribution in [3.05, 3.63) is 58.2 Å². The van der Waals surface area contributed by atoms with Crippen LogP contribution in [-0.2, 0) is 45.7 Å². The molecule has 0 aromatic carbocycles. The van der Waals surface area contributed by atoms with Crippen molar-refractivity contribution in [3.8, 4) is 11.4 Å². The number of carboxylic acids is 2. The van der Waals surface area contributed by atoms with E-state index in [1.807, 2.05) is 9.80 Å². The standard InChI is InChI=1S/C35H47F3N10O6.Er/c1-21(31(49)50)46-10-6-44-7-11-47(22(2)32(51)52)13-9-45(8-12-46)19-26-16-24(35(36,37)38)17-27(40-26)20-48-29(30(42-43-48)34(3,4)39)28-15-23(33(53)54-5)14-25(18-44)41-28;/h14-17,21-22H,6-13,18-20,39H2,1-5H3,(H,49,50)(H,51,52);/t21-,22-;/m1./s1. The van der Waals surface area contributed by atoms with Crippen LogP contribution >= 0.6 is 0 Å². The number of hydrogen-bond donors (Lipinski definition) is 3. The zero-order valence-corrected chi connectivity index (χ0v) is 33.1. The molecule has 6 heterocycles. The van der Waals surface area contributed by atoms with Gasteiger partial charge in [-0.15, -0.1) is 5.10 Å². The Labute approximate surface area is 346 Å². The van der Waals surface area contributed by atoms with Crippen molar-refractivity contribution >= 4 is 17.9 Å². The van der Waals surface area contributed by atoms with E-state index in [1.54, 1.807) is 43.6 Å². The third-order valence-electron chi connectivity index (χ3n) is 9.85. The van der Waals surface area contributed by atoms with E-state index < -0.39 is 47.3 Å². The first-order valence-corrected chi connectivity index (χ1v) is 17.6. The first kappa shape index (κ1) is 44.4. The van der Waals surface area contributed by atoms with Crippen molar-refractivity contribution < 1.29 is 79.8 Å².